The summed E-state index contributed by atoms with van der Waals surface area (Å²) in [7, 11) is 0. The normalized spacial score (nSPS) is 13.7. The Kier molecular flexibility index (Phi) is 4.59. The molecule has 7 heteroatoms. The molecule has 5 nitrogen and oxygen atoms in total. The monoisotopic (exact) mass is 370 g/mol. The smallest absolute Gasteiger partial charge is 0.233 e. The highest BCUT2D eigenvalue weighted by molar-refractivity contribution is 7.99. The predicted octanol–water partition coefficient (Wildman–Crippen LogP) is 3.52. The largest absolute Gasteiger partial charge is 0.337 e. The first-order valence-corrected chi connectivity index (χ1v) is 10.0. The van der Waals surface area contributed by atoms with E-state index in [0.717, 1.165) is 30.9 Å². The molecule has 1 N–H and O–H groups in total. The molecule has 0 atom stereocenters. The molecule has 2 aromatic heterocycles. The highest BCUT2D eigenvalue weighted by atomic mass is 32.2. The third-order valence-electron chi connectivity index (χ3n) is 4.28. The minimum atomic E-state index is 0.142. The number of rotatable bonds is 4. The van der Waals surface area contributed by atoms with Crippen LogP contribution in [0.2, 0.25) is 0 Å². The van der Waals surface area contributed by atoms with Gasteiger partial charge in [-0.3, -0.25) is 9.89 Å². The molecular weight excluding hydrogens is 352 g/mol. The molecule has 0 saturated carbocycles. The molecule has 4 rings (SSSR count). The number of benzene rings is 1. The van der Waals surface area contributed by atoms with Gasteiger partial charge in [-0.1, -0.05) is 41.6 Å². The summed E-state index contributed by atoms with van der Waals surface area (Å²) in [6, 6.07) is 10.2. The summed E-state index contributed by atoms with van der Waals surface area (Å²) in [5.41, 5.74) is 3.49. The lowest BCUT2D eigenvalue weighted by Crippen LogP contribution is -2.36. The molecule has 128 valence electrons. The third kappa shape index (κ3) is 3.62. The first-order valence-electron chi connectivity index (χ1n) is 8.14. The van der Waals surface area contributed by atoms with Gasteiger partial charge < -0.3 is 4.90 Å². The Bertz CT molecular complexity index is 885. The zero-order valence-electron chi connectivity index (χ0n) is 13.9. The van der Waals surface area contributed by atoms with Crippen molar-refractivity contribution >= 4 is 29.0 Å². The van der Waals surface area contributed by atoms with E-state index in [1.165, 1.54) is 27.8 Å². The Morgan fingerprint density at radius 3 is 3.00 bits per heavy atom. The molecule has 0 saturated heterocycles. The Morgan fingerprint density at radius 2 is 2.16 bits per heavy atom. The van der Waals surface area contributed by atoms with Crippen molar-refractivity contribution in [1.29, 1.82) is 0 Å². The van der Waals surface area contributed by atoms with E-state index in [1.807, 2.05) is 29.2 Å². The average Bonchev–Trinajstić information content (AvgIpc) is 3.29. The number of aryl methyl sites for hydroxylation is 1. The summed E-state index contributed by atoms with van der Waals surface area (Å²) >= 11 is 3.17. The molecule has 1 amide bonds. The lowest BCUT2D eigenvalue weighted by Gasteiger charge is -2.26. The predicted molar refractivity (Wildman–Crippen MR) is 101 cm³/mol. The lowest BCUT2D eigenvalue weighted by molar-refractivity contribution is -0.129. The van der Waals surface area contributed by atoms with Crippen molar-refractivity contribution in [1.82, 2.24) is 20.1 Å². The lowest BCUT2D eigenvalue weighted by atomic mass is 10.1. The van der Waals surface area contributed by atoms with Crippen LogP contribution in [0.5, 0.6) is 0 Å². The fraction of sp³-hybridized carbons (Fsp3) is 0.278. The van der Waals surface area contributed by atoms with E-state index in [0.29, 0.717) is 10.9 Å². The molecule has 0 aliphatic carbocycles. The summed E-state index contributed by atoms with van der Waals surface area (Å²) < 4.78 is 0. The minimum Gasteiger partial charge on any atom is -0.337 e. The number of hydrogen-bond donors (Lipinski definition) is 1. The topological polar surface area (TPSA) is 61.9 Å². The summed E-state index contributed by atoms with van der Waals surface area (Å²) in [6.07, 6.45) is 0.960. The van der Waals surface area contributed by atoms with Gasteiger partial charge in [-0.2, -0.15) is 0 Å². The number of nitrogens with one attached hydrogen (secondary N) is 1. The van der Waals surface area contributed by atoms with Gasteiger partial charge in [-0.15, -0.1) is 16.4 Å². The number of fused-ring (bicyclic) bond motifs is 1. The number of carbonyl (C=O) groups is 1. The molecule has 0 bridgehead atoms. The van der Waals surface area contributed by atoms with Crippen molar-refractivity contribution in [3.63, 3.8) is 0 Å². The van der Waals surface area contributed by atoms with Crippen molar-refractivity contribution in [2.45, 2.75) is 25.0 Å². The Labute approximate surface area is 154 Å². The third-order valence-corrected chi connectivity index (χ3v) is 6.13. The van der Waals surface area contributed by atoms with Crippen LogP contribution >= 0.6 is 23.1 Å². The van der Waals surface area contributed by atoms with Crippen LogP contribution in [-0.4, -0.2) is 38.3 Å². The van der Waals surface area contributed by atoms with Gasteiger partial charge >= 0.3 is 0 Å². The first-order chi connectivity index (χ1) is 12.2. The van der Waals surface area contributed by atoms with Gasteiger partial charge in [0, 0.05) is 23.5 Å². The van der Waals surface area contributed by atoms with E-state index in [4.69, 9.17) is 0 Å². The first kappa shape index (κ1) is 16.4. The van der Waals surface area contributed by atoms with Gasteiger partial charge in [0.25, 0.3) is 0 Å². The number of thioether (sulfide) groups is 1. The SMILES string of the molecule is Cc1ccc(-c2nc(SCC(=O)N3CCc4sccc4C3)n[nH]2)cc1. The van der Waals surface area contributed by atoms with Gasteiger partial charge in [0.05, 0.1) is 5.75 Å². The van der Waals surface area contributed by atoms with E-state index in [-0.39, 0.29) is 5.91 Å². The van der Waals surface area contributed by atoms with Crippen LogP contribution in [-0.2, 0) is 17.8 Å². The van der Waals surface area contributed by atoms with Crippen LogP contribution in [0.25, 0.3) is 11.4 Å². The number of aromatic amines is 1. The molecule has 25 heavy (non-hydrogen) atoms. The van der Waals surface area contributed by atoms with Gasteiger partial charge in [0.15, 0.2) is 5.82 Å². The van der Waals surface area contributed by atoms with Crippen molar-refractivity contribution < 1.29 is 4.79 Å². The molecule has 1 aromatic carbocycles. The number of carbonyl (C=O) groups excluding carboxylic acids is 1. The maximum atomic E-state index is 12.5. The summed E-state index contributed by atoms with van der Waals surface area (Å²) in [5.74, 6) is 1.24. The summed E-state index contributed by atoms with van der Waals surface area (Å²) in [4.78, 5) is 20.3. The summed E-state index contributed by atoms with van der Waals surface area (Å²) in [5, 5.41) is 9.88. The highest BCUT2D eigenvalue weighted by Gasteiger charge is 2.21. The molecule has 0 fully saturated rings. The van der Waals surface area contributed by atoms with E-state index >= 15 is 0 Å². The van der Waals surface area contributed by atoms with Crippen LogP contribution < -0.4 is 0 Å². The Morgan fingerprint density at radius 1 is 1.32 bits per heavy atom. The summed E-state index contributed by atoms with van der Waals surface area (Å²) in [6.45, 7) is 3.58. The van der Waals surface area contributed by atoms with Gasteiger partial charge in [-0.25, -0.2) is 4.98 Å². The molecule has 1 aliphatic rings. The number of nitrogens with zero attached hydrogens (tertiary/aromatic N) is 3. The molecule has 3 heterocycles. The second-order valence-electron chi connectivity index (χ2n) is 6.06. The second kappa shape index (κ2) is 7.01. The number of aromatic nitrogens is 3. The van der Waals surface area contributed by atoms with Crippen molar-refractivity contribution in [2.75, 3.05) is 12.3 Å². The fourth-order valence-electron chi connectivity index (χ4n) is 2.83. The molecule has 1 aliphatic heterocycles. The average molecular weight is 371 g/mol. The van der Waals surface area contributed by atoms with E-state index in [9.17, 15) is 4.79 Å². The van der Waals surface area contributed by atoms with Crippen LogP contribution in [0.1, 0.15) is 16.0 Å². The zero-order chi connectivity index (χ0) is 17.2. The van der Waals surface area contributed by atoms with Crippen LogP contribution in [0, 0.1) is 6.92 Å². The Hall–Kier alpha value is -2.12. The zero-order valence-corrected chi connectivity index (χ0v) is 15.5. The van der Waals surface area contributed by atoms with Crippen molar-refractivity contribution in [3.05, 3.63) is 51.7 Å². The maximum Gasteiger partial charge on any atom is 0.233 e. The molecular formula is C18H18N4OS2. The molecule has 3 aromatic rings. The van der Waals surface area contributed by atoms with Crippen molar-refractivity contribution in [2.24, 2.45) is 0 Å². The van der Waals surface area contributed by atoms with Gasteiger partial charge in [0.2, 0.25) is 11.1 Å². The van der Waals surface area contributed by atoms with Crippen LogP contribution in [0.15, 0.2) is 40.9 Å². The van der Waals surface area contributed by atoms with E-state index in [1.54, 1.807) is 11.3 Å². The number of H-pyrrole nitrogens is 1. The highest BCUT2D eigenvalue weighted by Crippen LogP contribution is 2.25. The Balaban J connectivity index is 1.36. The number of amides is 1. The standard InChI is InChI=1S/C18H18N4OS2/c1-12-2-4-13(5-3-12)17-19-18(21-20-17)25-11-16(23)22-8-6-15-14(10-22)7-9-24-15/h2-5,7,9H,6,8,10-11H2,1H3,(H,19,20,21). The van der Waals surface area contributed by atoms with Gasteiger partial charge in [-0.05, 0) is 30.4 Å². The van der Waals surface area contributed by atoms with E-state index < -0.39 is 0 Å². The van der Waals surface area contributed by atoms with Crippen molar-refractivity contribution in [3.8, 4) is 11.4 Å². The molecule has 0 spiro atoms. The molecule has 0 radical (unpaired) electrons. The van der Waals surface area contributed by atoms with Crippen LogP contribution in [0.3, 0.4) is 0 Å². The quantitative estimate of drug-likeness (QED) is 0.714. The van der Waals surface area contributed by atoms with E-state index in [2.05, 4.69) is 33.6 Å². The number of hydrogen-bond acceptors (Lipinski definition) is 5. The van der Waals surface area contributed by atoms with Crippen LogP contribution in [0.4, 0.5) is 0 Å². The maximum absolute atomic E-state index is 12.5. The van der Waals surface area contributed by atoms with Gasteiger partial charge in [0.1, 0.15) is 0 Å². The fourth-order valence-corrected chi connectivity index (χ4v) is 4.42. The second-order valence-corrected chi connectivity index (χ2v) is 8.00. The number of thiophene rings is 1. The molecule has 0 unspecified atom stereocenters. The minimum absolute atomic E-state index is 0.142.